The van der Waals surface area contributed by atoms with E-state index in [0.29, 0.717) is 12.5 Å². The van der Waals surface area contributed by atoms with E-state index in [9.17, 15) is 13.2 Å². The molecular weight excluding hydrogens is 303 g/mol. The van der Waals surface area contributed by atoms with Crippen molar-refractivity contribution in [3.05, 3.63) is 29.6 Å². The van der Waals surface area contributed by atoms with Gasteiger partial charge in [0, 0.05) is 31.5 Å². The number of thioether (sulfide) groups is 1. The van der Waals surface area contributed by atoms with Gasteiger partial charge in [-0.05, 0) is 18.4 Å². The minimum absolute atomic E-state index is 0.00628. The molecule has 0 spiro atoms. The van der Waals surface area contributed by atoms with Gasteiger partial charge in [0.2, 0.25) is 0 Å². The Morgan fingerprint density at radius 1 is 1.38 bits per heavy atom. The molecule has 1 aromatic rings. The first-order valence-electron chi connectivity index (χ1n) is 6.24. The number of aliphatic imine (C=N–C) groups is 1. The molecule has 0 saturated heterocycles. The zero-order valence-corrected chi connectivity index (χ0v) is 12.6. The van der Waals surface area contributed by atoms with E-state index in [1.807, 2.05) is 6.26 Å². The Balaban J connectivity index is 2.69. The number of nitrogens with one attached hydrogen (secondary N) is 2. The van der Waals surface area contributed by atoms with Crippen molar-refractivity contribution in [2.45, 2.75) is 13.2 Å². The standard InChI is InChI=1S/C13H18F3N3OS/c1-17-13(18-6-7-21-2)19-8-9-10(14)4-3-5-11(9)20-12(15)16/h3-5,12H,6-8H2,1-2H3,(H2,17,18,19). The molecule has 0 aromatic heterocycles. The lowest BCUT2D eigenvalue weighted by atomic mass is 10.2. The maximum atomic E-state index is 13.7. The van der Waals surface area contributed by atoms with Crippen LogP contribution in [0, 0.1) is 5.82 Å². The first-order valence-corrected chi connectivity index (χ1v) is 7.63. The van der Waals surface area contributed by atoms with Gasteiger partial charge in [-0.1, -0.05) is 6.07 Å². The third-order valence-corrected chi connectivity index (χ3v) is 3.16. The molecule has 0 amide bonds. The summed E-state index contributed by atoms with van der Waals surface area (Å²) < 4.78 is 42.6. The SMILES string of the molecule is CN=C(NCCSC)NCc1c(F)cccc1OC(F)F. The van der Waals surface area contributed by atoms with Crippen LogP contribution in [0.2, 0.25) is 0 Å². The van der Waals surface area contributed by atoms with Crippen LogP contribution < -0.4 is 15.4 Å². The summed E-state index contributed by atoms with van der Waals surface area (Å²) in [7, 11) is 1.58. The van der Waals surface area contributed by atoms with Crippen molar-refractivity contribution in [3.8, 4) is 5.75 Å². The fourth-order valence-electron chi connectivity index (χ4n) is 1.58. The fraction of sp³-hybridized carbons (Fsp3) is 0.462. The molecule has 0 fully saturated rings. The van der Waals surface area contributed by atoms with E-state index in [1.54, 1.807) is 18.8 Å². The number of guanidine groups is 1. The van der Waals surface area contributed by atoms with Gasteiger partial charge in [-0.3, -0.25) is 4.99 Å². The van der Waals surface area contributed by atoms with Gasteiger partial charge >= 0.3 is 6.61 Å². The summed E-state index contributed by atoms with van der Waals surface area (Å²) in [5.74, 6) is 0.563. The van der Waals surface area contributed by atoms with Gasteiger partial charge in [-0.25, -0.2) is 4.39 Å². The first-order chi connectivity index (χ1) is 10.1. The fourth-order valence-corrected chi connectivity index (χ4v) is 1.89. The number of hydrogen-bond acceptors (Lipinski definition) is 3. The molecule has 0 radical (unpaired) electrons. The number of ether oxygens (including phenoxy) is 1. The van der Waals surface area contributed by atoms with Crippen LogP contribution in [-0.4, -0.2) is 38.2 Å². The molecule has 0 bridgehead atoms. The van der Waals surface area contributed by atoms with E-state index >= 15 is 0 Å². The molecule has 1 aromatic carbocycles. The summed E-state index contributed by atoms with van der Waals surface area (Å²) in [5, 5.41) is 5.89. The van der Waals surface area contributed by atoms with Crippen LogP contribution >= 0.6 is 11.8 Å². The first kappa shape index (κ1) is 17.5. The van der Waals surface area contributed by atoms with Crippen molar-refractivity contribution in [3.63, 3.8) is 0 Å². The quantitative estimate of drug-likeness (QED) is 0.460. The molecule has 0 atom stereocenters. The van der Waals surface area contributed by atoms with Crippen molar-refractivity contribution >= 4 is 17.7 Å². The highest BCUT2D eigenvalue weighted by atomic mass is 32.2. The summed E-state index contributed by atoms with van der Waals surface area (Å²) in [6.45, 7) is -2.31. The summed E-state index contributed by atoms with van der Waals surface area (Å²) in [6.07, 6.45) is 1.98. The molecule has 0 unspecified atom stereocenters. The third-order valence-electron chi connectivity index (χ3n) is 2.55. The number of halogens is 3. The lowest BCUT2D eigenvalue weighted by Gasteiger charge is -2.14. The minimum Gasteiger partial charge on any atom is -0.434 e. The lowest BCUT2D eigenvalue weighted by molar-refractivity contribution is -0.0506. The molecule has 0 aliphatic carbocycles. The molecule has 0 aliphatic rings. The molecule has 8 heteroatoms. The van der Waals surface area contributed by atoms with Crippen molar-refractivity contribution in [1.82, 2.24) is 10.6 Å². The van der Waals surface area contributed by atoms with Crippen molar-refractivity contribution in [2.75, 3.05) is 25.6 Å². The number of nitrogens with zero attached hydrogens (tertiary/aromatic N) is 1. The Hall–Kier alpha value is -1.57. The Morgan fingerprint density at radius 2 is 2.14 bits per heavy atom. The van der Waals surface area contributed by atoms with Crippen LogP contribution in [0.4, 0.5) is 13.2 Å². The molecule has 1 rings (SSSR count). The van der Waals surface area contributed by atoms with Crippen LogP contribution in [0.3, 0.4) is 0 Å². The van der Waals surface area contributed by atoms with Crippen molar-refractivity contribution in [1.29, 1.82) is 0 Å². The maximum absolute atomic E-state index is 13.7. The number of rotatable bonds is 7. The van der Waals surface area contributed by atoms with Crippen LogP contribution in [0.15, 0.2) is 23.2 Å². The monoisotopic (exact) mass is 321 g/mol. The summed E-state index contributed by atoms with van der Waals surface area (Å²) in [5.41, 5.74) is 0.0330. The minimum atomic E-state index is -3.00. The predicted octanol–water partition coefficient (Wildman–Crippen LogP) is 2.46. The predicted molar refractivity (Wildman–Crippen MR) is 79.6 cm³/mol. The molecule has 4 nitrogen and oxygen atoms in total. The third kappa shape index (κ3) is 6.16. The Labute approximate surface area is 126 Å². The van der Waals surface area contributed by atoms with E-state index < -0.39 is 12.4 Å². The summed E-state index contributed by atoms with van der Waals surface area (Å²) in [4.78, 5) is 3.97. The topological polar surface area (TPSA) is 45.7 Å². The van der Waals surface area contributed by atoms with E-state index in [4.69, 9.17) is 0 Å². The average Bonchev–Trinajstić information content (AvgIpc) is 2.44. The Bertz CT molecular complexity index is 472. The highest BCUT2D eigenvalue weighted by Gasteiger charge is 2.13. The van der Waals surface area contributed by atoms with Crippen LogP contribution in [0.25, 0.3) is 0 Å². The average molecular weight is 321 g/mol. The molecule has 0 saturated carbocycles. The molecule has 21 heavy (non-hydrogen) atoms. The molecule has 0 aliphatic heterocycles. The van der Waals surface area contributed by atoms with Crippen molar-refractivity contribution in [2.24, 2.45) is 4.99 Å². The van der Waals surface area contributed by atoms with E-state index in [-0.39, 0.29) is 17.9 Å². The Kier molecular flexibility index (Phi) is 7.81. The number of benzene rings is 1. The van der Waals surface area contributed by atoms with Crippen LogP contribution in [-0.2, 0) is 6.54 Å². The second-order valence-electron chi connectivity index (χ2n) is 3.94. The Morgan fingerprint density at radius 3 is 2.76 bits per heavy atom. The maximum Gasteiger partial charge on any atom is 0.387 e. The van der Waals surface area contributed by atoms with Crippen molar-refractivity contribution < 1.29 is 17.9 Å². The van der Waals surface area contributed by atoms with Gasteiger partial charge in [-0.2, -0.15) is 20.5 Å². The molecular formula is C13H18F3N3OS. The second kappa shape index (κ2) is 9.38. The van der Waals surface area contributed by atoms with Gasteiger partial charge < -0.3 is 15.4 Å². The van der Waals surface area contributed by atoms with Gasteiger partial charge in [0.05, 0.1) is 0 Å². The smallest absolute Gasteiger partial charge is 0.387 e. The normalized spacial score (nSPS) is 11.6. The number of alkyl halides is 2. The van der Waals surface area contributed by atoms with Gasteiger partial charge in [0.15, 0.2) is 5.96 Å². The van der Waals surface area contributed by atoms with Gasteiger partial charge in [-0.15, -0.1) is 0 Å². The van der Waals surface area contributed by atoms with Gasteiger partial charge in [0.1, 0.15) is 11.6 Å². The molecule has 118 valence electrons. The largest absolute Gasteiger partial charge is 0.434 e. The summed E-state index contributed by atoms with van der Waals surface area (Å²) in [6, 6.07) is 3.82. The lowest BCUT2D eigenvalue weighted by Crippen LogP contribution is -2.38. The van der Waals surface area contributed by atoms with Crippen LogP contribution in [0.5, 0.6) is 5.75 Å². The van der Waals surface area contributed by atoms with Crippen LogP contribution in [0.1, 0.15) is 5.56 Å². The molecule has 0 heterocycles. The van der Waals surface area contributed by atoms with Gasteiger partial charge in [0.25, 0.3) is 0 Å². The zero-order chi connectivity index (χ0) is 15.7. The zero-order valence-electron chi connectivity index (χ0n) is 11.8. The van der Waals surface area contributed by atoms with E-state index in [2.05, 4.69) is 20.4 Å². The second-order valence-corrected chi connectivity index (χ2v) is 4.93. The molecule has 2 N–H and O–H groups in total. The summed E-state index contributed by atoms with van der Waals surface area (Å²) >= 11 is 1.67. The van der Waals surface area contributed by atoms with E-state index in [0.717, 1.165) is 5.75 Å². The highest BCUT2D eigenvalue weighted by molar-refractivity contribution is 7.98. The number of hydrogen-bond donors (Lipinski definition) is 2. The van der Waals surface area contributed by atoms with E-state index in [1.165, 1.54) is 18.2 Å². The highest BCUT2D eigenvalue weighted by Crippen LogP contribution is 2.23.